The van der Waals surface area contributed by atoms with Crippen molar-refractivity contribution < 1.29 is 4.74 Å². The SMILES string of the molecule is COc1ccc2c(Cl)nc(N(C)C)cc2c1. The highest BCUT2D eigenvalue weighted by atomic mass is 35.5. The predicted octanol–water partition coefficient (Wildman–Crippen LogP) is 2.96. The maximum Gasteiger partial charge on any atom is 0.139 e. The molecule has 1 aromatic carbocycles. The van der Waals surface area contributed by atoms with Crippen molar-refractivity contribution in [3.63, 3.8) is 0 Å². The number of pyridine rings is 1. The largest absolute Gasteiger partial charge is 0.497 e. The molecular formula is C12H13ClN2O. The second kappa shape index (κ2) is 4.18. The second-order valence-corrected chi connectivity index (χ2v) is 4.11. The van der Waals surface area contributed by atoms with Crippen molar-refractivity contribution in [2.24, 2.45) is 0 Å². The smallest absolute Gasteiger partial charge is 0.139 e. The number of ether oxygens (including phenoxy) is 1. The van der Waals surface area contributed by atoms with Crippen molar-refractivity contribution in [2.45, 2.75) is 0 Å². The Labute approximate surface area is 99.6 Å². The lowest BCUT2D eigenvalue weighted by Crippen LogP contribution is -2.10. The third-order valence-electron chi connectivity index (χ3n) is 2.44. The minimum atomic E-state index is 0.517. The van der Waals surface area contributed by atoms with Gasteiger partial charge in [-0.2, -0.15) is 0 Å². The summed E-state index contributed by atoms with van der Waals surface area (Å²) in [7, 11) is 5.52. The lowest BCUT2D eigenvalue weighted by molar-refractivity contribution is 0.415. The van der Waals surface area contributed by atoms with Crippen molar-refractivity contribution in [2.75, 3.05) is 26.1 Å². The molecule has 0 N–H and O–H groups in total. The van der Waals surface area contributed by atoms with E-state index >= 15 is 0 Å². The van der Waals surface area contributed by atoms with Gasteiger partial charge in [-0.05, 0) is 29.7 Å². The van der Waals surface area contributed by atoms with E-state index in [1.54, 1.807) is 7.11 Å². The summed E-state index contributed by atoms with van der Waals surface area (Å²) in [4.78, 5) is 6.23. The van der Waals surface area contributed by atoms with Gasteiger partial charge in [-0.3, -0.25) is 0 Å². The first kappa shape index (κ1) is 11.0. The number of rotatable bonds is 2. The Bertz CT molecular complexity index is 526. The van der Waals surface area contributed by atoms with Gasteiger partial charge in [-0.1, -0.05) is 11.6 Å². The molecule has 4 heteroatoms. The molecule has 0 saturated carbocycles. The maximum absolute atomic E-state index is 6.12. The van der Waals surface area contributed by atoms with Crippen LogP contribution in [-0.4, -0.2) is 26.2 Å². The molecule has 1 aromatic heterocycles. The van der Waals surface area contributed by atoms with Gasteiger partial charge in [0, 0.05) is 19.5 Å². The average Bonchev–Trinajstić information content (AvgIpc) is 2.28. The summed E-state index contributed by atoms with van der Waals surface area (Å²) in [6, 6.07) is 7.74. The van der Waals surface area contributed by atoms with Gasteiger partial charge >= 0.3 is 0 Å². The number of methoxy groups -OCH3 is 1. The Balaban J connectivity index is 2.68. The van der Waals surface area contributed by atoms with Crippen molar-refractivity contribution in [3.05, 3.63) is 29.4 Å². The standard InChI is InChI=1S/C12H13ClN2O/c1-15(2)11-7-8-6-9(16-3)4-5-10(8)12(13)14-11/h4-7H,1-3H3. The highest BCUT2D eigenvalue weighted by Gasteiger charge is 2.06. The minimum Gasteiger partial charge on any atom is -0.497 e. The zero-order chi connectivity index (χ0) is 11.7. The first-order valence-electron chi connectivity index (χ1n) is 4.93. The second-order valence-electron chi connectivity index (χ2n) is 3.75. The van der Waals surface area contributed by atoms with Crippen LogP contribution in [0.1, 0.15) is 0 Å². The molecule has 1 heterocycles. The third-order valence-corrected chi connectivity index (χ3v) is 2.72. The molecule has 0 radical (unpaired) electrons. The van der Waals surface area contributed by atoms with E-state index in [2.05, 4.69) is 4.98 Å². The lowest BCUT2D eigenvalue weighted by Gasteiger charge is -2.13. The molecule has 0 aliphatic carbocycles. The fourth-order valence-corrected chi connectivity index (χ4v) is 1.80. The van der Waals surface area contributed by atoms with Crippen LogP contribution in [-0.2, 0) is 0 Å². The summed E-state index contributed by atoms with van der Waals surface area (Å²) in [6.07, 6.45) is 0. The zero-order valence-corrected chi connectivity index (χ0v) is 10.2. The number of fused-ring (bicyclic) bond motifs is 1. The number of aromatic nitrogens is 1. The van der Waals surface area contributed by atoms with Crippen LogP contribution < -0.4 is 9.64 Å². The summed E-state index contributed by atoms with van der Waals surface area (Å²) >= 11 is 6.12. The molecule has 0 bridgehead atoms. The van der Waals surface area contributed by atoms with Crippen LogP contribution in [0.15, 0.2) is 24.3 Å². The Morgan fingerprint density at radius 3 is 2.62 bits per heavy atom. The fraction of sp³-hybridized carbons (Fsp3) is 0.250. The van der Waals surface area contributed by atoms with E-state index in [0.29, 0.717) is 5.15 Å². The van der Waals surface area contributed by atoms with Crippen molar-refractivity contribution in [1.29, 1.82) is 0 Å². The fourth-order valence-electron chi connectivity index (χ4n) is 1.54. The van der Waals surface area contributed by atoms with E-state index in [9.17, 15) is 0 Å². The normalized spacial score (nSPS) is 10.5. The molecular weight excluding hydrogens is 224 g/mol. The van der Waals surface area contributed by atoms with Gasteiger partial charge < -0.3 is 9.64 Å². The number of nitrogens with zero attached hydrogens (tertiary/aromatic N) is 2. The molecule has 0 spiro atoms. The number of hydrogen-bond donors (Lipinski definition) is 0. The van der Waals surface area contributed by atoms with Gasteiger partial charge in [0.15, 0.2) is 0 Å². The summed E-state index contributed by atoms with van der Waals surface area (Å²) in [6.45, 7) is 0. The Kier molecular flexibility index (Phi) is 2.88. The lowest BCUT2D eigenvalue weighted by atomic mass is 10.1. The van der Waals surface area contributed by atoms with Gasteiger partial charge in [-0.25, -0.2) is 4.98 Å². The summed E-state index contributed by atoms with van der Waals surface area (Å²) in [5, 5.41) is 2.49. The first-order chi connectivity index (χ1) is 7.61. The summed E-state index contributed by atoms with van der Waals surface area (Å²) in [5.41, 5.74) is 0. The summed E-state index contributed by atoms with van der Waals surface area (Å²) < 4.78 is 5.19. The third kappa shape index (κ3) is 1.91. The van der Waals surface area contributed by atoms with Gasteiger partial charge in [-0.15, -0.1) is 0 Å². The molecule has 2 rings (SSSR count). The highest BCUT2D eigenvalue weighted by Crippen LogP contribution is 2.28. The van der Waals surface area contributed by atoms with Crippen LogP contribution in [0.5, 0.6) is 5.75 Å². The van der Waals surface area contributed by atoms with E-state index in [1.807, 2.05) is 43.3 Å². The molecule has 0 aliphatic heterocycles. The van der Waals surface area contributed by atoms with E-state index in [0.717, 1.165) is 22.3 Å². The van der Waals surface area contributed by atoms with E-state index < -0.39 is 0 Å². The van der Waals surface area contributed by atoms with Crippen molar-refractivity contribution in [1.82, 2.24) is 4.98 Å². The topological polar surface area (TPSA) is 25.4 Å². The molecule has 16 heavy (non-hydrogen) atoms. The van der Waals surface area contributed by atoms with E-state index in [-0.39, 0.29) is 0 Å². The quantitative estimate of drug-likeness (QED) is 0.750. The molecule has 0 atom stereocenters. The molecule has 0 fully saturated rings. The van der Waals surface area contributed by atoms with Crippen LogP contribution in [0.3, 0.4) is 0 Å². The first-order valence-corrected chi connectivity index (χ1v) is 5.31. The highest BCUT2D eigenvalue weighted by molar-refractivity contribution is 6.34. The number of anilines is 1. The Hall–Kier alpha value is -1.48. The van der Waals surface area contributed by atoms with Gasteiger partial charge in [0.2, 0.25) is 0 Å². The molecule has 0 saturated heterocycles. The van der Waals surface area contributed by atoms with E-state index in [4.69, 9.17) is 16.3 Å². The predicted molar refractivity (Wildman–Crippen MR) is 67.6 cm³/mol. The number of halogens is 1. The molecule has 0 aliphatic rings. The maximum atomic E-state index is 6.12. The molecule has 0 unspecified atom stereocenters. The Morgan fingerprint density at radius 2 is 2.00 bits per heavy atom. The monoisotopic (exact) mass is 236 g/mol. The Morgan fingerprint density at radius 1 is 1.25 bits per heavy atom. The summed E-state index contributed by atoms with van der Waals surface area (Å²) in [5.74, 6) is 1.66. The van der Waals surface area contributed by atoms with Gasteiger partial charge in [0.25, 0.3) is 0 Å². The van der Waals surface area contributed by atoms with Gasteiger partial charge in [0.1, 0.15) is 16.7 Å². The van der Waals surface area contributed by atoms with E-state index in [1.165, 1.54) is 0 Å². The minimum absolute atomic E-state index is 0.517. The van der Waals surface area contributed by atoms with Crippen LogP contribution in [0.2, 0.25) is 5.15 Å². The van der Waals surface area contributed by atoms with Crippen LogP contribution in [0.4, 0.5) is 5.82 Å². The van der Waals surface area contributed by atoms with Crippen LogP contribution in [0.25, 0.3) is 10.8 Å². The van der Waals surface area contributed by atoms with Crippen molar-refractivity contribution >= 4 is 28.2 Å². The number of hydrogen-bond acceptors (Lipinski definition) is 3. The zero-order valence-electron chi connectivity index (χ0n) is 9.49. The van der Waals surface area contributed by atoms with Gasteiger partial charge in [0.05, 0.1) is 7.11 Å². The molecule has 2 aromatic rings. The number of benzene rings is 1. The van der Waals surface area contributed by atoms with Crippen molar-refractivity contribution in [3.8, 4) is 5.75 Å². The molecule has 84 valence electrons. The van der Waals surface area contributed by atoms with Crippen LogP contribution in [0, 0.1) is 0 Å². The molecule has 0 amide bonds. The average molecular weight is 237 g/mol. The van der Waals surface area contributed by atoms with Crippen LogP contribution >= 0.6 is 11.6 Å². The molecule has 3 nitrogen and oxygen atoms in total.